The second-order valence-corrected chi connectivity index (χ2v) is 10.6. The maximum atomic E-state index is 11.8. The fourth-order valence-electron chi connectivity index (χ4n) is 4.94. The van der Waals surface area contributed by atoms with E-state index in [0.29, 0.717) is 30.7 Å². The van der Waals surface area contributed by atoms with Gasteiger partial charge in [0.25, 0.3) is 0 Å². The van der Waals surface area contributed by atoms with Crippen LogP contribution < -0.4 is 0 Å². The van der Waals surface area contributed by atoms with Crippen molar-refractivity contribution >= 4 is 28.8 Å². The standard InChI is InChI=1S/C29H32N4O4S/c1-21(34)37-26-15-32(13-25(26)18-38-17-23-10-6-3-7-11-23)12-24-14-33(28-27(24)30-19-31-29(28)35)20-36-16-22-8-4-2-5-9-22/h2-11,14,19,25-26H,12-13,15-18,20H2,1H3,(H,30,31,35)/t25-,26?/m1/s1. The molecule has 8 nitrogen and oxygen atoms in total. The molecule has 4 aromatic rings. The molecule has 1 N–H and O–H groups in total. The number of ether oxygens (including phenoxy) is 2. The maximum Gasteiger partial charge on any atom is 0.302 e. The SMILES string of the molecule is CC(=O)OC1CN(Cc2cn(COCc3ccccc3)c3c(O)ncnc23)C[C@@H]1CSCc1ccccc1. The van der Waals surface area contributed by atoms with Gasteiger partial charge >= 0.3 is 5.97 Å². The van der Waals surface area contributed by atoms with Gasteiger partial charge in [-0.2, -0.15) is 11.8 Å². The first-order chi connectivity index (χ1) is 18.6. The van der Waals surface area contributed by atoms with E-state index in [9.17, 15) is 9.90 Å². The van der Waals surface area contributed by atoms with Gasteiger partial charge in [0.1, 0.15) is 30.2 Å². The number of carbonyl (C=O) groups is 1. The van der Waals surface area contributed by atoms with Crippen LogP contribution in [0.3, 0.4) is 0 Å². The minimum absolute atomic E-state index is 0.0704. The lowest BCUT2D eigenvalue weighted by atomic mass is 10.1. The Morgan fingerprint density at radius 1 is 1.05 bits per heavy atom. The van der Waals surface area contributed by atoms with Gasteiger partial charge in [0, 0.05) is 55.7 Å². The number of rotatable bonds is 11. The lowest BCUT2D eigenvalue weighted by Gasteiger charge is -2.17. The van der Waals surface area contributed by atoms with Crippen LogP contribution in [0.1, 0.15) is 23.6 Å². The molecule has 2 aromatic heterocycles. The Kier molecular flexibility index (Phi) is 8.58. The molecule has 1 aliphatic rings. The van der Waals surface area contributed by atoms with Gasteiger partial charge in [-0.25, -0.2) is 9.97 Å². The summed E-state index contributed by atoms with van der Waals surface area (Å²) in [6, 6.07) is 20.4. The van der Waals surface area contributed by atoms with E-state index in [1.165, 1.54) is 18.8 Å². The van der Waals surface area contributed by atoms with E-state index in [0.717, 1.165) is 29.2 Å². The van der Waals surface area contributed by atoms with Crippen molar-refractivity contribution < 1.29 is 19.4 Å². The zero-order chi connectivity index (χ0) is 26.3. The number of aromatic hydroxyl groups is 1. The molecule has 1 fully saturated rings. The number of hydrogen-bond acceptors (Lipinski definition) is 8. The van der Waals surface area contributed by atoms with Gasteiger partial charge in [-0.1, -0.05) is 60.7 Å². The summed E-state index contributed by atoms with van der Waals surface area (Å²) in [5.41, 5.74) is 4.60. The smallest absolute Gasteiger partial charge is 0.302 e. The third-order valence-electron chi connectivity index (χ3n) is 6.66. The average Bonchev–Trinajstić information content (AvgIpc) is 3.46. The van der Waals surface area contributed by atoms with Gasteiger partial charge < -0.3 is 19.1 Å². The Balaban J connectivity index is 1.26. The highest BCUT2D eigenvalue weighted by molar-refractivity contribution is 7.98. The minimum atomic E-state index is -0.250. The second kappa shape index (κ2) is 12.4. The molecule has 1 aliphatic heterocycles. The fraction of sp³-hybridized carbons (Fsp3) is 0.345. The number of aromatic nitrogens is 3. The van der Waals surface area contributed by atoms with E-state index in [4.69, 9.17) is 9.47 Å². The normalized spacial score (nSPS) is 17.7. The Morgan fingerprint density at radius 2 is 1.79 bits per heavy atom. The van der Waals surface area contributed by atoms with Crippen molar-refractivity contribution in [3.8, 4) is 5.88 Å². The number of likely N-dealkylation sites (tertiary alicyclic amines) is 1. The highest BCUT2D eigenvalue weighted by Gasteiger charge is 2.35. The van der Waals surface area contributed by atoms with Gasteiger partial charge in [0.15, 0.2) is 0 Å². The van der Waals surface area contributed by atoms with Gasteiger partial charge in [-0.3, -0.25) is 9.69 Å². The van der Waals surface area contributed by atoms with Crippen molar-refractivity contribution in [3.63, 3.8) is 0 Å². The molecule has 0 amide bonds. The topological polar surface area (TPSA) is 89.7 Å². The predicted molar refractivity (Wildman–Crippen MR) is 147 cm³/mol. The molecule has 0 saturated carbocycles. The van der Waals surface area contributed by atoms with E-state index in [1.54, 1.807) is 0 Å². The second-order valence-electron chi connectivity index (χ2n) is 9.58. The van der Waals surface area contributed by atoms with Crippen molar-refractivity contribution in [2.45, 2.75) is 38.7 Å². The first kappa shape index (κ1) is 26.2. The highest BCUT2D eigenvalue weighted by atomic mass is 32.2. The Labute approximate surface area is 226 Å². The molecule has 5 rings (SSSR count). The molecule has 0 radical (unpaired) electrons. The number of carbonyl (C=O) groups excluding carboxylic acids is 1. The van der Waals surface area contributed by atoms with E-state index in [2.05, 4.69) is 39.1 Å². The van der Waals surface area contributed by atoms with Crippen molar-refractivity contribution in [3.05, 3.63) is 89.9 Å². The summed E-state index contributed by atoms with van der Waals surface area (Å²) in [6.45, 7) is 4.29. The van der Waals surface area contributed by atoms with E-state index in [-0.39, 0.29) is 30.6 Å². The highest BCUT2D eigenvalue weighted by Crippen LogP contribution is 2.30. The summed E-state index contributed by atoms with van der Waals surface area (Å²) in [6.07, 6.45) is 3.20. The van der Waals surface area contributed by atoms with E-state index in [1.807, 2.05) is 58.9 Å². The number of nitrogens with zero attached hydrogens (tertiary/aromatic N) is 4. The maximum absolute atomic E-state index is 11.8. The molecule has 9 heteroatoms. The van der Waals surface area contributed by atoms with Crippen LogP contribution in [0.15, 0.2) is 73.2 Å². The first-order valence-electron chi connectivity index (χ1n) is 12.7. The molecule has 0 aliphatic carbocycles. The zero-order valence-electron chi connectivity index (χ0n) is 21.4. The molecule has 2 atom stereocenters. The van der Waals surface area contributed by atoms with E-state index < -0.39 is 0 Å². The molecule has 0 spiro atoms. The number of fused-ring (bicyclic) bond motifs is 1. The molecule has 38 heavy (non-hydrogen) atoms. The first-order valence-corrected chi connectivity index (χ1v) is 13.9. The lowest BCUT2D eigenvalue weighted by Crippen LogP contribution is -2.26. The molecular formula is C29H32N4O4S. The number of hydrogen-bond donors (Lipinski definition) is 1. The lowest BCUT2D eigenvalue weighted by molar-refractivity contribution is -0.147. The third-order valence-corrected chi connectivity index (χ3v) is 7.86. The van der Waals surface area contributed by atoms with Crippen LogP contribution in [0.2, 0.25) is 0 Å². The molecule has 1 unspecified atom stereocenters. The Bertz CT molecular complexity index is 1350. The van der Waals surface area contributed by atoms with Gasteiger partial charge in [0.2, 0.25) is 5.88 Å². The van der Waals surface area contributed by atoms with Crippen LogP contribution in [0.4, 0.5) is 0 Å². The number of esters is 1. The predicted octanol–water partition coefficient (Wildman–Crippen LogP) is 4.61. The summed E-state index contributed by atoms with van der Waals surface area (Å²) < 4.78 is 13.5. The summed E-state index contributed by atoms with van der Waals surface area (Å²) in [7, 11) is 0. The molecule has 1 saturated heterocycles. The summed E-state index contributed by atoms with van der Waals surface area (Å²) in [5.74, 6) is 1.75. The Morgan fingerprint density at radius 3 is 2.53 bits per heavy atom. The fourth-order valence-corrected chi connectivity index (χ4v) is 6.11. The van der Waals surface area contributed by atoms with Gasteiger partial charge in [0.05, 0.1) is 6.61 Å². The van der Waals surface area contributed by atoms with Gasteiger partial charge in [-0.15, -0.1) is 0 Å². The van der Waals surface area contributed by atoms with Crippen molar-refractivity contribution in [2.24, 2.45) is 5.92 Å². The van der Waals surface area contributed by atoms with Crippen molar-refractivity contribution in [2.75, 3.05) is 18.8 Å². The average molecular weight is 533 g/mol. The van der Waals surface area contributed by atoms with Crippen LogP contribution in [0.5, 0.6) is 5.88 Å². The van der Waals surface area contributed by atoms with Crippen LogP contribution in [0, 0.1) is 5.92 Å². The van der Waals surface area contributed by atoms with Crippen LogP contribution in [-0.2, 0) is 39.9 Å². The summed E-state index contributed by atoms with van der Waals surface area (Å²) in [4.78, 5) is 22.6. The van der Waals surface area contributed by atoms with E-state index >= 15 is 0 Å². The Hall–Kier alpha value is -3.40. The molecule has 198 valence electrons. The largest absolute Gasteiger partial charge is 0.492 e. The third kappa shape index (κ3) is 6.53. The number of benzene rings is 2. The monoisotopic (exact) mass is 532 g/mol. The molecule has 3 heterocycles. The van der Waals surface area contributed by atoms with Crippen LogP contribution in [-0.4, -0.2) is 55.5 Å². The molecule has 2 aromatic carbocycles. The van der Waals surface area contributed by atoms with Crippen LogP contribution in [0.25, 0.3) is 11.0 Å². The molecule has 0 bridgehead atoms. The number of thioether (sulfide) groups is 1. The van der Waals surface area contributed by atoms with Crippen molar-refractivity contribution in [1.82, 2.24) is 19.4 Å². The van der Waals surface area contributed by atoms with Crippen LogP contribution >= 0.6 is 11.8 Å². The molecular weight excluding hydrogens is 500 g/mol. The van der Waals surface area contributed by atoms with Gasteiger partial charge in [-0.05, 0) is 11.1 Å². The van der Waals surface area contributed by atoms with Crippen molar-refractivity contribution in [1.29, 1.82) is 0 Å². The zero-order valence-corrected chi connectivity index (χ0v) is 22.2. The minimum Gasteiger partial charge on any atom is -0.492 e. The summed E-state index contributed by atoms with van der Waals surface area (Å²) in [5, 5.41) is 10.5. The summed E-state index contributed by atoms with van der Waals surface area (Å²) >= 11 is 1.87. The quantitative estimate of drug-likeness (QED) is 0.280.